The van der Waals surface area contributed by atoms with Gasteiger partial charge in [0.2, 0.25) is 0 Å². The topological polar surface area (TPSA) is 44.5 Å². The van der Waals surface area contributed by atoms with Crippen LogP contribution in [0.4, 0.5) is 5.69 Å². The molecule has 0 radical (unpaired) electrons. The molecular formula is C12H19NO2. The number of hydrogen-bond acceptors (Lipinski definition) is 3. The molecule has 0 amide bonds. The Bertz CT molecular complexity index is 312. The van der Waals surface area contributed by atoms with Crippen molar-refractivity contribution in [2.75, 3.05) is 12.8 Å². The van der Waals surface area contributed by atoms with Crippen LogP contribution >= 0.6 is 0 Å². The lowest BCUT2D eigenvalue weighted by atomic mass is 10.2. The van der Waals surface area contributed by atoms with Gasteiger partial charge in [0.05, 0.1) is 19.8 Å². The van der Waals surface area contributed by atoms with E-state index in [0.717, 1.165) is 17.7 Å². The van der Waals surface area contributed by atoms with E-state index in [4.69, 9.17) is 15.2 Å². The fourth-order valence-electron chi connectivity index (χ4n) is 1.24. The molecule has 0 aromatic heterocycles. The molecule has 0 spiro atoms. The molecule has 0 fully saturated rings. The molecule has 2 N–H and O–H groups in total. The molecule has 0 saturated carbocycles. The van der Waals surface area contributed by atoms with E-state index >= 15 is 0 Å². The fraction of sp³-hybridized carbons (Fsp3) is 0.500. The first-order valence-corrected chi connectivity index (χ1v) is 5.20. The minimum Gasteiger partial charge on any atom is -0.497 e. The summed E-state index contributed by atoms with van der Waals surface area (Å²) in [5.41, 5.74) is 7.49. The lowest BCUT2D eigenvalue weighted by Crippen LogP contribution is -2.06. The van der Waals surface area contributed by atoms with Gasteiger partial charge in [-0.2, -0.15) is 0 Å². The first kappa shape index (κ1) is 11.9. The van der Waals surface area contributed by atoms with E-state index in [0.29, 0.717) is 12.3 Å². The Labute approximate surface area is 91.2 Å². The Morgan fingerprint density at radius 2 is 2.07 bits per heavy atom. The van der Waals surface area contributed by atoms with E-state index < -0.39 is 0 Å². The van der Waals surface area contributed by atoms with Crippen molar-refractivity contribution in [1.82, 2.24) is 0 Å². The summed E-state index contributed by atoms with van der Waals surface area (Å²) in [5.74, 6) is 0.776. The monoisotopic (exact) mass is 209 g/mol. The average Bonchev–Trinajstić information content (AvgIpc) is 2.25. The molecule has 1 rings (SSSR count). The molecule has 0 heterocycles. The Balaban J connectivity index is 2.64. The van der Waals surface area contributed by atoms with Crippen molar-refractivity contribution < 1.29 is 9.47 Å². The Kier molecular flexibility index (Phi) is 4.43. The minimum atomic E-state index is 0.275. The van der Waals surface area contributed by atoms with Crippen molar-refractivity contribution in [1.29, 1.82) is 0 Å². The predicted molar refractivity (Wildman–Crippen MR) is 61.9 cm³/mol. The highest BCUT2D eigenvalue weighted by molar-refractivity contribution is 5.47. The van der Waals surface area contributed by atoms with E-state index in [9.17, 15) is 0 Å². The number of anilines is 1. The second kappa shape index (κ2) is 5.61. The zero-order chi connectivity index (χ0) is 11.3. The summed E-state index contributed by atoms with van der Waals surface area (Å²) in [6.07, 6.45) is 1.29. The Morgan fingerprint density at radius 1 is 1.33 bits per heavy atom. The van der Waals surface area contributed by atoms with Crippen LogP contribution in [0.2, 0.25) is 0 Å². The van der Waals surface area contributed by atoms with Gasteiger partial charge < -0.3 is 15.2 Å². The molecule has 1 aromatic rings. The van der Waals surface area contributed by atoms with Crippen molar-refractivity contribution >= 4 is 5.69 Å². The first-order valence-electron chi connectivity index (χ1n) is 5.20. The van der Waals surface area contributed by atoms with Crippen LogP contribution in [0.1, 0.15) is 25.8 Å². The molecule has 15 heavy (non-hydrogen) atoms. The molecule has 0 aliphatic rings. The normalized spacial score (nSPS) is 12.5. The highest BCUT2D eigenvalue weighted by Gasteiger charge is 2.02. The van der Waals surface area contributed by atoms with Gasteiger partial charge in [-0.05, 0) is 31.0 Å². The van der Waals surface area contributed by atoms with Crippen LogP contribution in [-0.4, -0.2) is 13.2 Å². The summed E-state index contributed by atoms with van der Waals surface area (Å²) < 4.78 is 10.8. The Morgan fingerprint density at radius 3 is 2.67 bits per heavy atom. The summed E-state index contributed by atoms with van der Waals surface area (Å²) in [5, 5.41) is 0. The number of nitrogens with two attached hydrogens (primary N) is 1. The largest absolute Gasteiger partial charge is 0.497 e. The summed E-state index contributed by atoms with van der Waals surface area (Å²) in [6, 6.07) is 5.65. The fourth-order valence-corrected chi connectivity index (χ4v) is 1.24. The first-order chi connectivity index (χ1) is 7.15. The van der Waals surface area contributed by atoms with Gasteiger partial charge in [-0.25, -0.2) is 0 Å². The highest BCUT2D eigenvalue weighted by atomic mass is 16.5. The van der Waals surface area contributed by atoms with E-state index in [1.54, 1.807) is 13.2 Å². The van der Waals surface area contributed by atoms with E-state index in [-0.39, 0.29) is 6.10 Å². The van der Waals surface area contributed by atoms with Crippen molar-refractivity contribution in [3.05, 3.63) is 23.8 Å². The number of nitrogen functional groups attached to an aromatic ring is 1. The summed E-state index contributed by atoms with van der Waals surface area (Å²) in [7, 11) is 1.63. The molecule has 0 bridgehead atoms. The van der Waals surface area contributed by atoms with Crippen LogP contribution in [0.5, 0.6) is 5.75 Å². The molecule has 0 aliphatic carbocycles. The van der Waals surface area contributed by atoms with Crippen molar-refractivity contribution in [3.8, 4) is 5.75 Å². The van der Waals surface area contributed by atoms with Crippen LogP contribution in [0, 0.1) is 0 Å². The summed E-state index contributed by atoms with van der Waals surface area (Å²) in [6.45, 7) is 4.74. The molecule has 0 saturated heterocycles. The van der Waals surface area contributed by atoms with Crippen molar-refractivity contribution in [2.24, 2.45) is 0 Å². The second-order valence-electron chi connectivity index (χ2n) is 3.64. The van der Waals surface area contributed by atoms with Gasteiger partial charge in [-0.1, -0.05) is 6.92 Å². The van der Waals surface area contributed by atoms with E-state index in [1.165, 1.54) is 0 Å². The smallest absolute Gasteiger partial charge is 0.121 e. The van der Waals surface area contributed by atoms with Gasteiger partial charge >= 0.3 is 0 Å². The zero-order valence-electron chi connectivity index (χ0n) is 9.62. The minimum absolute atomic E-state index is 0.275. The van der Waals surface area contributed by atoms with Crippen LogP contribution < -0.4 is 10.5 Å². The van der Waals surface area contributed by atoms with Crippen molar-refractivity contribution in [3.63, 3.8) is 0 Å². The third kappa shape index (κ3) is 3.80. The standard InChI is InChI=1S/C12H19NO2/c1-4-9(2)15-8-10-5-11(13)7-12(6-10)14-3/h5-7,9H,4,8,13H2,1-3H3. The van der Waals surface area contributed by atoms with Gasteiger partial charge in [0.25, 0.3) is 0 Å². The molecule has 1 atom stereocenters. The molecule has 3 nitrogen and oxygen atoms in total. The third-order valence-corrected chi connectivity index (χ3v) is 2.33. The molecule has 1 aromatic carbocycles. The lowest BCUT2D eigenvalue weighted by molar-refractivity contribution is 0.0508. The lowest BCUT2D eigenvalue weighted by Gasteiger charge is -2.11. The molecule has 3 heteroatoms. The molecule has 1 unspecified atom stereocenters. The zero-order valence-corrected chi connectivity index (χ0v) is 9.62. The summed E-state index contributed by atoms with van der Waals surface area (Å²) >= 11 is 0. The number of benzene rings is 1. The molecule has 84 valence electrons. The van der Waals surface area contributed by atoms with Gasteiger partial charge in [0.15, 0.2) is 0 Å². The van der Waals surface area contributed by atoms with Gasteiger partial charge in [-0.3, -0.25) is 0 Å². The maximum atomic E-state index is 5.74. The third-order valence-electron chi connectivity index (χ3n) is 2.33. The summed E-state index contributed by atoms with van der Waals surface area (Å²) in [4.78, 5) is 0. The maximum Gasteiger partial charge on any atom is 0.121 e. The maximum absolute atomic E-state index is 5.74. The van der Waals surface area contributed by atoms with Gasteiger partial charge in [0, 0.05) is 11.8 Å². The quantitative estimate of drug-likeness (QED) is 0.758. The number of hydrogen-bond donors (Lipinski definition) is 1. The van der Waals surface area contributed by atoms with Crippen LogP contribution in [0.25, 0.3) is 0 Å². The van der Waals surface area contributed by atoms with Crippen LogP contribution in [0.15, 0.2) is 18.2 Å². The van der Waals surface area contributed by atoms with E-state index in [1.807, 2.05) is 12.1 Å². The van der Waals surface area contributed by atoms with Crippen molar-refractivity contribution in [2.45, 2.75) is 33.0 Å². The van der Waals surface area contributed by atoms with E-state index in [2.05, 4.69) is 13.8 Å². The number of rotatable bonds is 5. The highest BCUT2D eigenvalue weighted by Crippen LogP contribution is 2.19. The molecular weight excluding hydrogens is 190 g/mol. The average molecular weight is 209 g/mol. The second-order valence-corrected chi connectivity index (χ2v) is 3.64. The van der Waals surface area contributed by atoms with Gasteiger partial charge in [-0.15, -0.1) is 0 Å². The Hall–Kier alpha value is -1.22. The van der Waals surface area contributed by atoms with Crippen LogP contribution in [-0.2, 0) is 11.3 Å². The number of ether oxygens (including phenoxy) is 2. The predicted octanol–water partition coefficient (Wildman–Crippen LogP) is 2.59. The van der Waals surface area contributed by atoms with Crippen LogP contribution in [0.3, 0.4) is 0 Å². The SMILES string of the molecule is CCC(C)OCc1cc(N)cc(OC)c1. The van der Waals surface area contributed by atoms with Gasteiger partial charge in [0.1, 0.15) is 5.75 Å². The molecule has 0 aliphatic heterocycles. The number of methoxy groups -OCH3 is 1.